The van der Waals surface area contributed by atoms with Crippen LogP contribution in [0, 0.1) is 0 Å². The van der Waals surface area contributed by atoms with Crippen molar-refractivity contribution in [1.82, 2.24) is 0 Å². The summed E-state index contributed by atoms with van der Waals surface area (Å²) in [4.78, 5) is 12.0. The van der Waals surface area contributed by atoms with Crippen LogP contribution in [0.25, 0.3) is 0 Å². The number of carbonyl (C=O) groups excluding carboxylic acids is 1. The van der Waals surface area contributed by atoms with Gasteiger partial charge in [-0.05, 0) is 23.3 Å². The van der Waals surface area contributed by atoms with Crippen LogP contribution in [0.4, 0.5) is 18.9 Å². The first-order valence-electron chi connectivity index (χ1n) is 7.56. The molecule has 0 aliphatic carbocycles. The number of alkyl halides is 3. The van der Waals surface area contributed by atoms with Gasteiger partial charge in [0.1, 0.15) is 0 Å². The molecule has 132 valence electrons. The van der Waals surface area contributed by atoms with Gasteiger partial charge in [-0.1, -0.05) is 18.2 Å². The van der Waals surface area contributed by atoms with Crippen molar-refractivity contribution in [2.75, 3.05) is 19.5 Å². The summed E-state index contributed by atoms with van der Waals surface area (Å²) in [7, 11) is 2.95. The standard InChI is InChI=1S/C18H16F3NO3/c1-24-15-7-13-12(8-17(23)22-14(13)9-16(15)25-2)10-4-3-5-11(6-10)18(19,20)21/h3-7,9,12H,8H2,1-2H3,(H,22,23). The predicted molar refractivity (Wildman–Crippen MR) is 86.1 cm³/mol. The van der Waals surface area contributed by atoms with Gasteiger partial charge in [-0.2, -0.15) is 13.2 Å². The summed E-state index contributed by atoms with van der Waals surface area (Å²) in [5.74, 6) is 0.133. The van der Waals surface area contributed by atoms with Crippen molar-refractivity contribution in [2.45, 2.75) is 18.5 Å². The van der Waals surface area contributed by atoms with E-state index >= 15 is 0 Å². The number of benzene rings is 2. The van der Waals surface area contributed by atoms with Crippen molar-refractivity contribution in [3.8, 4) is 11.5 Å². The molecule has 1 aliphatic rings. The molecule has 25 heavy (non-hydrogen) atoms. The van der Waals surface area contributed by atoms with Crippen LogP contribution >= 0.6 is 0 Å². The van der Waals surface area contributed by atoms with Gasteiger partial charge in [-0.3, -0.25) is 4.79 Å². The van der Waals surface area contributed by atoms with Gasteiger partial charge in [0, 0.05) is 24.1 Å². The highest BCUT2D eigenvalue weighted by atomic mass is 19.4. The fourth-order valence-electron chi connectivity index (χ4n) is 3.02. The van der Waals surface area contributed by atoms with Crippen LogP contribution in [-0.4, -0.2) is 20.1 Å². The molecule has 3 rings (SSSR count). The Balaban J connectivity index is 2.12. The van der Waals surface area contributed by atoms with Gasteiger partial charge in [0.2, 0.25) is 5.91 Å². The predicted octanol–water partition coefficient (Wildman–Crippen LogP) is 4.20. The van der Waals surface area contributed by atoms with Crippen LogP contribution in [-0.2, 0) is 11.0 Å². The molecule has 0 saturated heterocycles. The maximum absolute atomic E-state index is 13.0. The molecular formula is C18H16F3NO3. The van der Waals surface area contributed by atoms with E-state index in [0.717, 1.165) is 12.1 Å². The van der Waals surface area contributed by atoms with Gasteiger partial charge < -0.3 is 14.8 Å². The van der Waals surface area contributed by atoms with Crippen molar-refractivity contribution in [3.05, 3.63) is 53.1 Å². The largest absolute Gasteiger partial charge is 0.493 e. The molecular weight excluding hydrogens is 335 g/mol. The van der Waals surface area contributed by atoms with E-state index in [0.29, 0.717) is 28.3 Å². The molecule has 0 spiro atoms. The van der Waals surface area contributed by atoms with E-state index in [9.17, 15) is 18.0 Å². The summed E-state index contributed by atoms with van der Waals surface area (Å²) >= 11 is 0. The van der Waals surface area contributed by atoms with E-state index in [1.807, 2.05) is 0 Å². The Morgan fingerprint density at radius 2 is 1.76 bits per heavy atom. The third kappa shape index (κ3) is 3.26. The zero-order valence-corrected chi connectivity index (χ0v) is 13.6. The second kappa shape index (κ2) is 6.31. The lowest BCUT2D eigenvalue weighted by Gasteiger charge is -2.27. The molecule has 2 aromatic rings. The van der Waals surface area contributed by atoms with Crippen molar-refractivity contribution >= 4 is 11.6 Å². The number of ether oxygens (including phenoxy) is 2. The smallest absolute Gasteiger partial charge is 0.416 e. The molecule has 1 atom stereocenters. The number of hydrogen-bond donors (Lipinski definition) is 1. The molecule has 2 aromatic carbocycles. The number of hydrogen-bond acceptors (Lipinski definition) is 3. The van der Waals surface area contributed by atoms with Crippen molar-refractivity contribution in [2.24, 2.45) is 0 Å². The third-order valence-corrected chi connectivity index (χ3v) is 4.21. The molecule has 1 aliphatic heterocycles. The van der Waals surface area contributed by atoms with Gasteiger partial charge in [0.25, 0.3) is 0 Å². The minimum absolute atomic E-state index is 0.0593. The number of methoxy groups -OCH3 is 2. The van der Waals surface area contributed by atoms with Crippen LogP contribution in [0.1, 0.15) is 29.0 Å². The van der Waals surface area contributed by atoms with E-state index < -0.39 is 17.7 Å². The maximum Gasteiger partial charge on any atom is 0.416 e. The van der Waals surface area contributed by atoms with E-state index in [2.05, 4.69) is 5.32 Å². The molecule has 0 saturated carbocycles. The Bertz CT molecular complexity index is 818. The minimum Gasteiger partial charge on any atom is -0.493 e. The van der Waals surface area contributed by atoms with Crippen LogP contribution < -0.4 is 14.8 Å². The van der Waals surface area contributed by atoms with Crippen molar-refractivity contribution in [1.29, 1.82) is 0 Å². The molecule has 1 amide bonds. The first-order chi connectivity index (χ1) is 11.8. The van der Waals surface area contributed by atoms with Gasteiger partial charge in [0.05, 0.1) is 19.8 Å². The Kier molecular flexibility index (Phi) is 4.32. The highest BCUT2D eigenvalue weighted by Gasteiger charge is 2.33. The second-order valence-electron chi connectivity index (χ2n) is 5.72. The van der Waals surface area contributed by atoms with Crippen LogP contribution in [0.5, 0.6) is 11.5 Å². The zero-order valence-electron chi connectivity index (χ0n) is 13.6. The molecule has 4 nitrogen and oxygen atoms in total. The van der Waals surface area contributed by atoms with Crippen molar-refractivity contribution < 1.29 is 27.4 Å². The monoisotopic (exact) mass is 351 g/mol. The van der Waals surface area contributed by atoms with E-state index in [1.54, 1.807) is 18.2 Å². The van der Waals surface area contributed by atoms with Crippen LogP contribution in [0.2, 0.25) is 0 Å². The highest BCUT2D eigenvalue weighted by molar-refractivity contribution is 5.96. The average molecular weight is 351 g/mol. The van der Waals surface area contributed by atoms with E-state index in [-0.39, 0.29) is 12.3 Å². The molecule has 0 bridgehead atoms. The van der Waals surface area contributed by atoms with Gasteiger partial charge in [-0.15, -0.1) is 0 Å². The quantitative estimate of drug-likeness (QED) is 0.902. The number of nitrogens with one attached hydrogen (secondary N) is 1. The first kappa shape index (κ1) is 17.1. The SMILES string of the molecule is COc1cc2c(cc1OC)C(c1cccc(C(F)(F)F)c1)CC(=O)N2. The lowest BCUT2D eigenvalue weighted by atomic mass is 9.84. The minimum atomic E-state index is -4.44. The highest BCUT2D eigenvalue weighted by Crippen LogP contribution is 2.43. The van der Waals surface area contributed by atoms with Gasteiger partial charge in [-0.25, -0.2) is 0 Å². The summed E-state index contributed by atoms with van der Waals surface area (Å²) in [6, 6.07) is 8.36. The Labute approximate surface area is 142 Å². The molecule has 1 N–H and O–H groups in total. The fourth-order valence-corrected chi connectivity index (χ4v) is 3.02. The summed E-state index contributed by atoms with van der Waals surface area (Å²) < 4.78 is 49.5. The first-order valence-corrected chi connectivity index (χ1v) is 7.56. The number of rotatable bonds is 3. The van der Waals surface area contributed by atoms with Crippen LogP contribution in [0.15, 0.2) is 36.4 Å². The van der Waals surface area contributed by atoms with E-state index in [1.165, 1.54) is 20.3 Å². The maximum atomic E-state index is 13.0. The van der Waals surface area contributed by atoms with Crippen molar-refractivity contribution in [3.63, 3.8) is 0 Å². The molecule has 0 fully saturated rings. The average Bonchev–Trinajstić information content (AvgIpc) is 2.59. The molecule has 7 heteroatoms. The Morgan fingerprint density at radius 1 is 1.08 bits per heavy atom. The van der Waals surface area contributed by atoms with Crippen LogP contribution in [0.3, 0.4) is 0 Å². The molecule has 1 unspecified atom stereocenters. The third-order valence-electron chi connectivity index (χ3n) is 4.21. The number of fused-ring (bicyclic) bond motifs is 1. The molecule has 0 radical (unpaired) electrons. The summed E-state index contributed by atoms with van der Waals surface area (Å²) in [6.07, 6.45) is -4.38. The summed E-state index contributed by atoms with van der Waals surface area (Å²) in [5.41, 5.74) is 0.893. The Morgan fingerprint density at radius 3 is 2.40 bits per heavy atom. The van der Waals surface area contributed by atoms with Gasteiger partial charge in [0.15, 0.2) is 11.5 Å². The number of anilines is 1. The van der Waals surface area contributed by atoms with Gasteiger partial charge >= 0.3 is 6.18 Å². The van der Waals surface area contributed by atoms with E-state index in [4.69, 9.17) is 9.47 Å². The second-order valence-corrected chi connectivity index (χ2v) is 5.72. The number of carbonyl (C=O) groups is 1. The fraction of sp³-hybridized carbons (Fsp3) is 0.278. The number of amides is 1. The number of halogens is 3. The topological polar surface area (TPSA) is 47.6 Å². The molecule has 0 aromatic heterocycles. The Hall–Kier alpha value is -2.70. The lowest BCUT2D eigenvalue weighted by molar-refractivity contribution is -0.137. The summed E-state index contributed by atoms with van der Waals surface area (Å²) in [5, 5.41) is 2.73. The summed E-state index contributed by atoms with van der Waals surface area (Å²) in [6.45, 7) is 0. The molecule has 1 heterocycles. The zero-order chi connectivity index (χ0) is 18.2. The normalized spacial score (nSPS) is 16.8. The lowest BCUT2D eigenvalue weighted by Crippen LogP contribution is -2.24.